The largest absolute Gasteiger partial charge is 0.465 e. The van der Waals surface area contributed by atoms with Crippen LogP contribution in [0.1, 0.15) is 49.9 Å². The van der Waals surface area contributed by atoms with Crippen molar-refractivity contribution in [3.63, 3.8) is 0 Å². The van der Waals surface area contributed by atoms with Crippen molar-refractivity contribution in [1.29, 1.82) is 0 Å². The Morgan fingerprint density at radius 1 is 0.889 bits per heavy atom. The standard InChI is InChI=1S/C23H29NO3/c1-18(2)23(26)27-17-11-4-3-10-16-24-22(25)21-15-9-8-14-20(21)19-12-6-5-7-13-19/h5-9,12-15,18H,3-4,10-11,16-17H2,1-2H3,(H,24,25). The predicted molar refractivity (Wildman–Crippen MR) is 108 cm³/mol. The SMILES string of the molecule is CC(C)C(=O)OCCCCCCNC(=O)c1ccccc1-c1ccccc1. The molecule has 0 aromatic heterocycles. The van der Waals surface area contributed by atoms with E-state index in [1.165, 1.54) is 0 Å². The van der Waals surface area contributed by atoms with Gasteiger partial charge in [-0.15, -0.1) is 0 Å². The highest BCUT2D eigenvalue weighted by molar-refractivity contribution is 6.00. The molecule has 1 amide bonds. The first kappa shape index (κ1) is 20.7. The van der Waals surface area contributed by atoms with Crippen LogP contribution in [0.5, 0.6) is 0 Å². The van der Waals surface area contributed by atoms with E-state index in [0.29, 0.717) is 18.7 Å². The molecule has 27 heavy (non-hydrogen) atoms. The summed E-state index contributed by atoms with van der Waals surface area (Å²) in [7, 11) is 0. The van der Waals surface area contributed by atoms with Gasteiger partial charge < -0.3 is 10.1 Å². The topological polar surface area (TPSA) is 55.4 Å². The van der Waals surface area contributed by atoms with Gasteiger partial charge in [-0.05, 0) is 36.5 Å². The molecular weight excluding hydrogens is 338 g/mol. The molecule has 144 valence electrons. The monoisotopic (exact) mass is 367 g/mol. The van der Waals surface area contributed by atoms with Gasteiger partial charge in [-0.1, -0.05) is 68.8 Å². The van der Waals surface area contributed by atoms with Crippen molar-refractivity contribution in [2.24, 2.45) is 5.92 Å². The summed E-state index contributed by atoms with van der Waals surface area (Å²) in [6.45, 7) is 4.80. The van der Waals surface area contributed by atoms with Crippen LogP contribution < -0.4 is 5.32 Å². The van der Waals surface area contributed by atoms with Crippen LogP contribution in [0.25, 0.3) is 11.1 Å². The molecule has 4 heteroatoms. The number of carbonyl (C=O) groups excluding carboxylic acids is 2. The Labute approximate surface area is 161 Å². The van der Waals surface area contributed by atoms with Crippen LogP contribution in [0.2, 0.25) is 0 Å². The van der Waals surface area contributed by atoms with E-state index in [2.05, 4.69) is 5.32 Å². The van der Waals surface area contributed by atoms with Gasteiger partial charge in [0.15, 0.2) is 0 Å². The minimum atomic E-state index is -0.139. The van der Waals surface area contributed by atoms with Crippen LogP contribution in [-0.2, 0) is 9.53 Å². The number of carbonyl (C=O) groups is 2. The summed E-state index contributed by atoms with van der Waals surface area (Å²) in [5.74, 6) is -0.251. The number of amides is 1. The van der Waals surface area contributed by atoms with Crippen molar-refractivity contribution in [1.82, 2.24) is 5.32 Å². The zero-order chi connectivity index (χ0) is 19.5. The molecule has 2 rings (SSSR count). The Balaban J connectivity index is 1.71. The fourth-order valence-corrected chi connectivity index (χ4v) is 2.77. The van der Waals surface area contributed by atoms with Gasteiger partial charge >= 0.3 is 5.97 Å². The number of esters is 1. The van der Waals surface area contributed by atoms with E-state index < -0.39 is 0 Å². The number of ether oxygens (including phenoxy) is 1. The fraction of sp³-hybridized carbons (Fsp3) is 0.391. The second-order valence-electron chi connectivity index (χ2n) is 6.90. The van der Waals surface area contributed by atoms with Crippen LogP contribution in [-0.4, -0.2) is 25.0 Å². The van der Waals surface area contributed by atoms with Gasteiger partial charge in [0.25, 0.3) is 5.91 Å². The molecule has 0 bridgehead atoms. The van der Waals surface area contributed by atoms with Gasteiger partial charge in [0.1, 0.15) is 0 Å². The minimum Gasteiger partial charge on any atom is -0.465 e. The second-order valence-corrected chi connectivity index (χ2v) is 6.90. The molecule has 4 nitrogen and oxygen atoms in total. The summed E-state index contributed by atoms with van der Waals surface area (Å²) in [6, 6.07) is 17.6. The van der Waals surface area contributed by atoms with Crippen molar-refractivity contribution >= 4 is 11.9 Å². The van der Waals surface area contributed by atoms with Crippen molar-refractivity contribution in [2.75, 3.05) is 13.2 Å². The van der Waals surface area contributed by atoms with Gasteiger partial charge in [-0.25, -0.2) is 0 Å². The average molecular weight is 367 g/mol. The Morgan fingerprint density at radius 3 is 2.30 bits per heavy atom. The Morgan fingerprint density at radius 2 is 1.56 bits per heavy atom. The summed E-state index contributed by atoms with van der Waals surface area (Å²) in [5, 5.41) is 3.01. The molecule has 0 fully saturated rings. The third-order valence-corrected chi connectivity index (χ3v) is 4.33. The lowest BCUT2D eigenvalue weighted by molar-refractivity contribution is -0.147. The molecule has 0 heterocycles. The predicted octanol–water partition coefficient (Wildman–Crippen LogP) is 4.84. The molecule has 0 spiro atoms. The average Bonchev–Trinajstić information content (AvgIpc) is 2.70. The van der Waals surface area contributed by atoms with E-state index >= 15 is 0 Å². The van der Waals surface area contributed by atoms with Crippen LogP contribution in [0.15, 0.2) is 54.6 Å². The molecule has 0 radical (unpaired) electrons. The first-order valence-corrected chi connectivity index (χ1v) is 9.69. The first-order chi connectivity index (χ1) is 13.1. The summed E-state index contributed by atoms with van der Waals surface area (Å²) in [6.07, 6.45) is 3.77. The molecule has 0 saturated carbocycles. The van der Waals surface area contributed by atoms with Gasteiger partial charge in [-0.2, -0.15) is 0 Å². The van der Waals surface area contributed by atoms with E-state index in [1.807, 2.05) is 68.4 Å². The van der Waals surface area contributed by atoms with Crippen LogP contribution in [0.4, 0.5) is 0 Å². The fourth-order valence-electron chi connectivity index (χ4n) is 2.77. The van der Waals surface area contributed by atoms with E-state index in [0.717, 1.165) is 36.8 Å². The number of nitrogens with one attached hydrogen (secondary N) is 1. The molecule has 0 aliphatic rings. The highest BCUT2D eigenvalue weighted by Gasteiger charge is 2.11. The summed E-state index contributed by atoms with van der Waals surface area (Å²) >= 11 is 0. The molecular formula is C23H29NO3. The normalized spacial score (nSPS) is 10.6. The molecule has 2 aromatic rings. The summed E-state index contributed by atoms with van der Waals surface area (Å²) < 4.78 is 5.15. The van der Waals surface area contributed by atoms with Gasteiger partial charge in [0.2, 0.25) is 0 Å². The molecule has 0 unspecified atom stereocenters. The zero-order valence-corrected chi connectivity index (χ0v) is 16.2. The Kier molecular flexibility index (Phi) is 8.56. The molecule has 0 aliphatic heterocycles. The van der Waals surface area contributed by atoms with Crippen LogP contribution in [0, 0.1) is 5.92 Å². The van der Waals surface area contributed by atoms with Gasteiger partial charge in [0, 0.05) is 12.1 Å². The third kappa shape index (κ3) is 6.89. The number of unbranched alkanes of at least 4 members (excludes halogenated alkanes) is 3. The Bertz CT molecular complexity index is 725. The van der Waals surface area contributed by atoms with Crippen molar-refractivity contribution in [2.45, 2.75) is 39.5 Å². The quantitative estimate of drug-likeness (QED) is 0.483. The maximum Gasteiger partial charge on any atom is 0.308 e. The number of benzene rings is 2. The lowest BCUT2D eigenvalue weighted by Gasteiger charge is -2.10. The van der Waals surface area contributed by atoms with Gasteiger partial charge in [0.05, 0.1) is 12.5 Å². The third-order valence-electron chi connectivity index (χ3n) is 4.33. The minimum absolute atomic E-state index is 0.0414. The number of rotatable bonds is 10. The summed E-state index contributed by atoms with van der Waals surface area (Å²) in [5.41, 5.74) is 2.69. The molecule has 1 N–H and O–H groups in total. The molecule has 0 aliphatic carbocycles. The highest BCUT2D eigenvalue weighted by Crippen LogP contribution is 2.23. The number of hydrogen-bond acceptors (Lipinski definition) is 3. The smallest absolute Gasteiger partial charge is 0.308 e. The van der Waals surface area contributed by atoms with E-state index in [-0.39, 0.29) is 17.8 Å². The van der Waals surface area contributed by atoms with Crippen LogP contribution in [0.3, 0.4) is 0 Å². The maximum absolute atomic E-state index is 12.5. The Hall–Kier alpha value is -2.62. The molecule has 2 aromatic carbocycles. The second kappa shape index (κ2) is 11.2. The van der Waals surface area contributed by atoms with E-state index in [9.17, 15) is 9.59 Å². The summed E-state index contributed by atoms with van der Waals surface area (Å²) in [4.78, 5) is 23.9. The van der Waals surface area contributed by atoms with Crippen molar-refractivity contribution in [3.8, 4) is 11.1 Å². The van der Waals surface area contributed by atoms with Gasteiger partial charge in [-0.3, -0.25) is 9.59 Å². The lowest BCUT2D eigenvalue weighted by Crippen LogP contribution is -2.25. The first-order valence-electron chi connectivity index (χ1n) is 9.69. The van der Waals surface area contributed by atoms with E-state index in [4.69, 9.17) is 4.74 Å². The zero-order valence-electron chi connectivity index (χ0n) is 16.2. The molecule has 0 saturated heterocycles. The lowest BCUT2D eigenvalue weighted by atomic mass is 9.99. The highest BCUT2D eigenvalue weighted by atomic mass is 16.5. The molecule has 0 atom stereocenters. The van der Waals surface area contributed by atoms with Crippen molar-refractivity contribution in [3.05, 3.63) is 60.2 Å². The van der Waals surface area contributed by atoms with Crippen LogP contribution >= 0.6 is 0 Å². The number of hydrogen-bond donors (Lipinski definition) is 1. The maximum atomic E-state index is 12.5. The van der Waals surface area contributed by atoms with Crippen molar-refractivity contribution < 1.29 is 14.3 Å². The van der Waals surface area contributed by atoms with E-state index in [1.54, 1.807) is 0 Å².